The van der Waals surface area contributed by atoms with Gasteiger partial charge in [-0.05, 0) is 48.2 Å². The van der Waals surface area contributed by atoms with Crippen molar-refractivity contribution in [1.29, 1.82) is 0 Å². The quantitative estimate of drug-likeness (QED) is 0.596. The summed E-state index contributed by atoms with van der Waals surface area (Å²) < 4.78 is 27.1. The van der Waals surface area contributed by atoms with Crippen molar-refractivity contribution in [2.45, 2.75) is 10.3 Å². The number of carbonyl (C=O) groups excluding carboxylic acids is 2. The number of sulfonamides is 1. The summed E-state index contributed by atoms with van der Waals surface area (Å²) in [4.78, 5) is 30.0. The maximum atomic E-state index is 12.6. The van der Waals surface area contributed by atoms with Gasteiger partial charge in [-0.15, -0.1) is 11.3 Å². The molecule has 8 nitrogen and oxygen atoms in total. The molecule has 0 spiro atoms. The van der Waals surface area contributed by atoms with E-state index in [0.29, 0.717) is 11.4 Å². The molecule has 1 fully saturated rings. The molecule has 0 radical (unpaired) electrons. The number of nitrogens with one attached hydrogen (secondary N) is 2. The Morgan fingerprint density at radius 2 is 1.72 bits per heavy atom. The number of carbonyl (C=O) groups is 2. The van der Waals surface area contributed by atoms with E-state index in [2.05, 4.69) is 15.0 Å². The van der Waals surface area contributed by atoms with Gasteiger partial charge in [0.25, 0.3) is 21.2 Å². The summed E-state index contributed by atoms with van der Waals surface area (Å²) in [5.74, 6) is -0.381. The molecule has 4 rings (SSSR count). The number of imide groups is 1. The number of hydrogen-bond donors (Lipinski definition) is 2. The smallest absolute Gasteiger partial charge is 0.295 e. The average Bonchev–Trinajstić information content (AvgIpc) is 3.30. The van der Waals surface area contributed by atoms with Crippen LogP contribution in [0.15, 0.2) is 71.1 Å². The van der Waals surface area contributed by atoms with Gasteiger partial charge in [-0.3, -0.25) is 14.3 Å². The molecular weight excluding hydrogens is 432 g/mol. The van der Waals surface area contributed by atoms with Crippen LogP contribution in [0.5, 0.6) is 0 Å². The normalized spacial score (nSPS) is 16.8. The number of anilines is 3. The summed E-state index contributed by atoms with van der Waals surface area (Å²) in [7, 11) is -3.76. The first-order chi connectivity index (χ1) is 13.9. The number of nitrogens with zero attached hydrogens (tertiary/aromatic N) is 2. The van der Waals surface area contributed by atoms with Crippen LogP contribution >= 0.6 is 23.1 Å². The van der Waals surface area contributed by atoms with E-state index < -0.39 is 15.4 Å². The molecule has 1 aliphatic heterocycles. The maximum Gasteiger partial charge on any atom is 0.295 e. The highest BCUT2D eigenvalue weighted by atomic mass is 32.2. The van der Waals surface area contributed by atoms with Crippen LogP contribution in [0.2, 0.25) is 0 Å². The molecule has 11 heteroatoms. The zero-order valence-corrected chi connectivity index (χ0v) is 17.1. The molecule has 3 aromatic rings. The zero-order valence-electron chi connectivity index (χ0n) is 14.7. The third-order valence-electron chi connectivity index (χ3n) is 3.98. The molecule has 2 heterocycles. The molecule has 1 aliphatic rings. The number of hydrogen-bond acceptors (Lipinski definition) is 8. The van der Waals surface area contributed by atoms with Crippen molar-refractivity contribution in [1.82, 2.24) is 4.98 Å². The lowest BCUT2D eigenvalue weighted by atomic mass is 10.3. The molecule has 1 unspecified atom stereocenters. The van der Waals surface area contributed by atoms with Crippen LogP contribution < -0.4 is 14.9 Å². The standard InChI is InChI=1S/C18H14N4O4S3/c23-16-15(28-18(24)22(16)13-4-2-1-3-5-13)20-12-6-8-14(9-7-12)29(25,26)21-17-19-10-11-27-17/h1-11,15,20H,(H,19,21). The first kappa shape index (κ1) is 19.4. The number of aromatic nitrogens is 1. The summed E-state index contributed by atoms with van der Waals surface area (Å²) in [5.41, 5.74) is 1.03. The van der Waals surface area contributed by atoms with Crippen LogP contribution in [-0.2, 0) is 14.8 Å². The highest BCUT2D eigenvalue weighted by Crippen LogP contribution is 2.32. The van der Waals surface area contributed by atoms with Gasteiger partial charge in [-0.2, -0.15) is 0 Å². The average molecular weight is 447 g/mol. The van der Waals surface area contributed by atoms with E-state index in [4.69, 9.17) is 0 Å². The lowest BCUT2D eigenvalue weighted by Gasteiger charge is -2.15. The Labute approximate surface area is 175 Å². The Bertz CT molecular complexity index is 1130. The van der Waals surface area contributed by atoms with Crippen molar-refractivity contribution in [3.05, 3.63) is 66.2 Å². The monoisotopic (exact) mass is 446 g/mol. The fraction of sp³-hybridized carbons (Fsp3) is 0.0556. The number of amides is 2. The van der Waals surface area contributed by atoms with E-state index in [1.807, 2.05) is 0 Å². The predicted molar refractivity (Wildman–Crippen MR) is 114 cm³/mol. The Hall–Kier alpha value is -2.89. The number of benzene rings is 2. The van der Waals surface area contributed by atoms with Crippen molar-refractivity contribution < 1.29 is 18.0 Å². The minimum absolute atomic E-state index is 0.0608. The van der Waals surface area contributed by atoms with Gasteiger partial charge in [0.2, 0.25) is 0 Å². The number of thioether (sulfide) groups is 1. The third-order valence-corrected chi connectivity index (χ3v) is 7.09. The molecule has 2 aromatic carbocycles. The van der Waals surface area contributed by atoms with Crippen LogP contribution in [0.1, 0.15) is 0 Å². The SMILES string of the molecule is O=C1SC(Nc2ccc(S(=O)(=O)Nc3nccs3)cc2)C(=O)N1c1ccccc1. The molecule has 1 saturated heterocycles. The molecule has 1 atom stereocenters. The van der Waals surface area contributed by atoms with Gasteiger partial charge in [0, 0.05) is 17.3 Å². The summed E-state index contributed by atoms with van der Waals surface area (Å²) in [5, 5.41) is 3.75. The molecule has 148 valence electrons. The minimum atomic E-state index is -3.76. The Balaban J connectivity index is 1.47. The van der Waals surface area contributed by atoms with Crippen molar-refractivity contribution in [2.24, 2.45) is 0 Å². The number of rotatable bonds is 6. The van der Waals surface area contributed by atoms with Gasteiger partial charge >= 0.3 is 0 Å². The van der Waals surface area contributed by atoms with Crippen LogP contribution in [-0.4, -0.2) is 29.9 Å². The topological polar surface area (TPSA) is 108 Å². The second-order valence-corrected chi connectivity index (χ2v) is 9.52. The fourth-order valence-corrected chi connectivity index (χ4v) is 5.33. The van der Waals surface area contributed by atoms with Crippen LogP contribution in [0.25, 0.3) is 0 Å². The van der Waals surface area contributed by atoms with Gasteiger partial charge in [-0.1, -0.05) is 18.2 Å². The van der Waals surface area contributed by atoms with Crippen molar-refractivity contribution in [2.75, 3.05) is 14.9 Å². The van der Waals surface area contributed by atoms with E-state index in [9.17, 15) is 18.0 Å². The van der Waals surface area contributed by atoms with Gasteiger partial charge < -0.3 is 5.32 Å². The van der Waals surface area contributed by atoms with E-state index >= 15 is 0 Å². The highest BCUT2D eigenvalue weighted by molar-refractivity contribution is 8.16. The van der Waals surface area contributed by atoms with E-state index in [1.54, 1.807) is 47.8 Å². The van der Waals surface area contributed by atoms with Crippen molar-refractivity contribution in [3.8, 4) is 0 Å². The van der Waals surface area contributed by atoms with E-state index in [1.165, 1.54) is 29.7 Å². The van der Waals surface area contributed by atoms with Crippen molar-refractivity contribution >= 4 is 60.8 Å². The predicted octanol–water partition coefficient (Wildman–Crippen LogP) is 3.58. The van der Waals surface area contributed by atoms with Crippen LogP contribution in [0.3, 0.4) is 0 Å². The number of para-hydroxylation sites is 1. The lowest BCUT2D eigenvalue weighted by molar-refractivity contribution is -0.116. The number of thiazole rings is 1. The summed E-state index contributed by atoms with van der Waals surface area (Å²) >= 11 is 2.05. The molecule has 0 bridgehead atoms. The molecule has 2 N–H and O–H groups in total. The van der Waals surface area contributed by atoms with E-state index in [-0.39, 0.29) is 21.2 Å². The van der Waals surface area contributed by atoms with E-state index in [0.717, 1.165) is 16.7 Å². The van der Waals surface area contributed by atoms with Crippen molar-refractivity contribution in [3.63, 3.8) is 0 Å². The molecule has 0 aliphatic carbocycles. The Morgan fingerprint density at radius 1 is 1.00 bits per heavy atom. The molecule has 1 aromatic heterocycles. The summed E-state index contributed by atoms with van der Waals surface area (Å²) in [6.07, 6.45) is 1.51. The third kappa shape index (κ3) is 4.11. The zero-order chi connectivity index (χ0) is 20.4. The first-order valence-electron chi connectivity index (χ1n) is 8.32. The Kier molecular flexibility index (Phi) is 5.26. The van der Waals surface area contributed by atoms with Crippen LogP contribution in [0, 0.1) is 0 Å². The largest absolute Gasteiger partial charge is 0.365 e. The minimum Gasteiger partial charge on any atom is -0.365 e. The molecular formula is C18H14N4O4S3. The molecule has 2 amide bonds. The van der Waals surface area contributed by atoms with Gasteiger partial charge in [0.05, 0.1) is 10.6 Å². The van der Waals surface area contributed by atoms with Crippen LogP contribution in [0.4, 0.5) is 21.3 Å². The molecule has 29 heavy (non-hydrogen) atoms. The summed E-state index contributed by atoms with van der Waals surface area (Å²) in [6.45, 7) is 0. The van der Waals surface area contributed by atoms with Gasteiger partial charge in [-0.25, -0.2) is 18.3 Å². The Morgan fingerprint density at radius 3 is 2.38 bits per heavy atom. The van der Waals surface area contributed by atoms with Gasteiger partial charge in [0.1, 0.15) is 0 Å². The fourth-order valence-electron chi connectivity index (χ4n) is 2.64. The second kappa shape index (κ2) is 7.85. The second-order valence-electron chi connectivity index (χ2n) is 5.88. The molecule has 0 saturated carbocycles. The maximum absolute atomic E-state index is 12.6. The lowest BCUT2D eigenvalue weighted by Crippen LogP contribution is -2.34. The van der Waals surface area contributed by atoms with Gasteiger partial charge in [0.15, 0.2) is 10.5 Å². The first-order valence-corrected chi connectivity index (χ1v) is 11.6. The summed E-state index contributed by atoms with van der Waals surface area (Å²) in [6, 6.07) is 14.6. The highest BCUT2D eigenvalue weighted by Gasteiger charge is 2.40.